The van der Waals surface area contributed by atoms with Crippen molar-refractivity contribution >= 4 is 35.9 Å². The minimum absolute atomic E-state index is 0.0908. The number of nitro benzene ring substituents is 1. The minimum Gasteiger partial charge on any atom is -0.478 e. The van der Waals surface area contributed by atoms with Crippen molar-refractivity contribution in [1.82, 2.24) is 0 Å². The zero-order valence-corrected chi connectivity index (χ0v) is 8.25. The molecule has 1 rings (SSSR count). The van der Waals surface area contributed by atoms with Crippen LogP contribution in [0.25, 0.3) is 0 Å². The third kappa shape index (κ3) is 1.80. The third-order valence-electron chi connectivity index (χ3n) is 1.51. The van der Waals surface area contributed by atoms with Gasteiger partial charge in [-0.05, 0) is 6.07 Å². The highest BCUT2D eigenvalue weighted by atomic mass is 35.5. The van der Waals surface area contributed by atoms with Gasteiger partial charge in [0, 0.05) is 11.0 Å². The lowest BCUT2D eigenvalue weighted by atomic mass is 10.2. The fourth-order valence-corrected chi connectivity index (χ4v) is 1.56. The highest BCUT2D eigenvalue weighted by Crippen LogP contribution is 2.31. The van der Waals surface area contributed by atoms with Crippen molar-refractivity contribution in [2.45, 2.75) is 4.90 Å². The number of nitro groups is 1. The van der Waals surface area contributed by atoms with Gasteiger partial charge in [0.15, 0.2) is 0 Å². The van der Waals surface area contributed by atoms with Gasteiger partial charge in [-0.1, -0.05) is 11.6 Å². The highest BCUT2D eigenvalue weighted by molar-refractivity contribution is 7.80. The van der Waals surface area contributed by atoms with E-state index in [4.69, 9.17) is 16.7 Å². The second-order valence-corrected chi connectivity index (χ2v) is 3.21. The topological polar surface area (TPSA) is 80.4 Å². The van der Waals surface area contributed by atoms with E-state index in [0.717, 1.165) is 6.07 Å². The van der Waals surface area contributed by atoms with Crippen molar-refractivity contribution in [2.75, 3.05) is 0 Å². The normalized spacial score (nSPS) is 9.86. The molecule has 0 aliphatic rings. The summed E-state index contributed by atoms with van der Waals surface area (Å²) in [4.78, 5) is 20.4. The number of rotatable bonds is 2. The molecule has 14 heavy (non-hydrogen) atoms. The monoisotopic (exact) mass is 233 g/mol. The van der Waals surface area contributed by atoms with Gasteiger partial charge in [0.25, 0.3) is 5.69 Å². The van der Waals surface area contributed by atoms with Crippen LogP contribution in [0.4, 0.5) is 5.69 Å². The number of aromatic carboxylic acids is 1. The fourth-order valence-electron chi connectivity index (χ4n) is 0.899. The molecule has 0 aliphatic carbocycles. The molecule has 0 spiro atoms. The van der Waals surface area contributed by atoms with Gasteiger partial charge in [0.05, 0.1) is 10.5 Å². The maximum absolute atomic E-state index is 10.7. The Balaban J connectivity index is 3.49. The SMILES string of the molecule is O=C(O)c1c(S)ccc([N+](=O)[O-])c1Cl. The fraction of sp³-hybridized carbons (Fsp3) is 0. The van der Waals surface area contributed by atoms with Gasteiger partial charge in [-0.3, -0.25) is 10.1 Å². The maximum atomic E-state index is 10.7. The van der Waals surface area contributed by atoms with E-state index in [0.29, 0.717) is 0 Å². The predicted molar refractivity (Wildman–Crippen MR) is 52.3 cm³/mol. The molecule has 0 saturated heterocycles. The highest BCUT2D eigenvalue weighted by Gasteiger charge is 2.22. The molecular formula is C7H4ClNO4S. The van der Waals surface area contributed by atoms with Gasteiger partial charge in [-0.25, -0.2) is 4.79 Å². The second-order valence-electron chi connectivity index (χ2n) is 2.36. The van der Waals surface area contributed by atoms with Gasteiger partial charge in [0.2, 0.25) is 0 Å². The zero-order chi connectivity index (χ0) is 10.9. The molecule has 0 aliphatic heterocycles. The van der Waals surface area contributed by atoms with E-state index < -0.39 is 21.6 Å². The van der Waals surface area contributed by atoms with E-state index in [1.54, 1.807) is 0 Å². The first kappa shape index (κ1) is 10.8. The average molecular weight is 234 g/mol. The number of benzene rings is 1. The smallest absolute Gasteiger partial charge is 0.338 e. The molecule has 0 saturated carbocycles. The number of carboxylic acids is 1. The van der Waals surface area contributed by atoms with E-state index in [9.17, 15) is 14.9 Å². The standard InChI is InChI=1S/C7H4ClNO4S/c8-6-3(9(12)13)1-2-4(14)5(6)7(10)11/h1-2,14H,(H,10,11). The molecule has 0 fully saturated rings. The number of hydrogen-bond acceptors (Lipinski definition) is 4. The van der Waals surface area contributed by atoms with Crippen molar-refractivity contribution in [1.29, 1.82) is 0 Å². The summed E-state index contributed by atoms with van der Waals surface area (Å²) in [6.07, 6.45) is 0. The predicted octanol–water partition coefficient (Wildman–Crippen LogP) is 2.24. The summed E-state index contributed by atoms with van der Waals surface area (Å²) in [5.41, 5.74) is -0.800. The molecule has 0 amide bonds. The second kappa shape index (κ2) is 3.85. The van der Waals surface area contributed by atoms with Gasteiger partial charge in [-0.2, -0.15) is 0 Å². The Morgan fingerprint density at radius 2 is 2.14 bits per heavy atom. The maximum Gasteiger partial charge on any atom is 0.338 e. The molecule has 0 bridgehead atoms. The molecular weight excluding hydrogens is 230 g/mol. The van der Waals surface area contributed by atoms with E-state index in [1.165, 1.54) is 6.07 Å². The quantitative estimate of drug-likeness (QED) is 0.466. The zero-order valence-electron chi connectivity index (χ0n) is 6.60. The van der Waals surface area contributed by atoms with Crippen LogP contribution in [0.1, 0.15) is 10.4 Å². The van der Waals surface area contributed by atoms with Crippen LogP contribution < -0.4 is 0 Å². The molecule has 0 heterocycles. The molecule has 0 radical (unpaired) electrons. The van der Waals surface area contributed by atoms with Crippen LogP contribution in [0.3, 0.4) is 0 Å². The number of thiol groups is 1. The number of halogens is 1. The van der Waals surface area contributed by atoms with Gasteiger partial charge < -0.3 is 5.11 Å². The van der Waals surface area contributed by atoms with Crippen LogP contribution in [-0.2, 0) is 0 Å². The Morgan fingerprint density at radius 1 is 1.57 bits per heavy atom. The number of nitrogens with zero attached hydrogens (tertiary/aromatic N) is 1. The summed E-state index contributed by atoms with van der Waals surface area (Å²) in [5, 5.41) is 18.7. The Labute approximate surface area is 88.9 Å². The summed E-state index contributed by atoms with van der Waals surface area (Å²) in [6.45, 7) is 0. The van der Waals surface area contributed by atoms with Crippen LogP contribution in [0.15, 0.2) is 17.0 Å². The average Bonchev–Trinajstić information content (AvgIpc) is 2.02. The van der Waals surface area contributed by atoms with Gasteiger partial charge >= 0.3 is 5.97 Å². The molecule has 7 heteroatoms. The van der Waals surface area contributed by atoms with E-state index in [2.05, 4.69) is 12.6 Å². The van der Waals surface area contributed by atoms with Crippen LogP contribution in [0.5, 0.6) is 0 Å². The summed E-state index contributed by atoms with van der Waals surface area (Å²) < 4.78 is 0. The van der Waals surface area contributed by atoms with Crippen LogP contribution in [0.2, 0.25) is 5.02 Å². The first-order valence-electron chi connectivity index (χ1n) is 3.34. The molecule has 1 N–H and O–H groups in total. The van der Waals surface area contributed by atoms with E-state index in [1.807, 2.05) is 0 Å². The summed E-state index contributed by atoms with van der Waals surface area (Å²) in [5.74, 6) is -1.34. The first-order chi connectivity index (χ1) is 6.45. The van der Waals surface area contributed by atoms with Crippen LogP contribution in [0, 0.1) is 10.1 Å². The lowest BCUT2D eigenvalue weighted by Gasteiger charge is -2.02. The van der Waals surface area contributed by atoms with Crippen LogP contribution >= 0.6 is 24.2 Å². The van der Waals surface area contributed by atoms with Crippen LogP contribution in [-0.4, -0.2) is 16.0 Å². The molecule has 5 nitrogen and oxygen atoms in total. The molecule has 1 aromatic rings. The lowest BCUT2D eigenvalue weighted by molar-refractivity contribution is -0.384. The number of carboxylic acid groups (broad SMARTS) is 1. The third-order valence-corrected chi connectivity index (χ3v) is 2.27. The van der Waals surface area contributed by atoms with Crippen molar-refractivity contribution in [3.05, 3.63) is 32.8 Å². The molecule has 1 aromatic carbocycles. The Bertz CT molecular complexity index is 420. The summed E-state index contributed by atoms with van der Waals surface area (Å²) in [6, 6.07) is 2.33. The van der Waals surface area contributed by atoms with Crippen molar-refractivity contribution < 1.29 is 14.8 Å². The Morgan fingerprint density at radius 3 is 2.57 bits per heavy atom. The summed E-state index contributed by atoms with van der Waals surface area (Å²) in [7, 11) is 0. The van der Waals surface area contributed by atoms with E-state index >= 15 is 0 Å². The molecule has 0 unspecified atom stereocenters. The Hall–Kier alpha value is -1.27. The molecule has 0 atom stereocenters. The van der Waals surface area contributed by atoms with Gasteiger partial charge in [-0.15, -0.1) is 12.6 Å². The Kier molecular flexibility index (Phi) is 2.97. The summed E-state index contributed by atoms with van der Waals surface area (Å²) >= 11 is 9.37. The molecule has 74 valence electrons. The van der Waals surface area contributed by atoms with Crippen molar-refractivity contribution in [3.63, 3.8) is 0 Å². The van der Waals surface area contributed by atoms with Crippen molar-refractivity contribution in [2.24, 2.45) is 0 Å². The van der Waals surface area contributed by atoms with Gasteiger partial charge in [0.1, 0.15) is 5.02 Å². The minimum atomic E-state index is -1.34. The lowest BCUT2D eigenvalue weighted by Crippen LogP contribution is -2.01. The molecule has 0 aromatic heterocycles. The first-order valence-corrected chi connectivity index (χ1v) is 4.16. The number of carbonyl (C=O) groups is 1. The van der Waals surface area contributed by atoms with Crippen molar-refractivity contribution in [3.8, 4) is 0 Å². The number of hydrogen-bond donors (Lipinski definition) is 2. The van der Waals surface area contributed by atoms with E-state index in [-0.39, 0.29) is 10.5 Å². The largest absolute Gasteiger partial charge is 0.478 e.